The van der Waals surface area contributed by atoms with E-state index in [9.17, 15) is 28.0 Å². The normalized spacial score (nSPS) is 9.42. The first-order chi connectivity index (χ1) is 26.4. The number of amides is 2. The smallest absolute Gasteiger partial charge is 0.325 e. The predicted molar refractivity (Wildman–Crippen MR) is 197 cm³/mol. The minimum atomic E-state index is -0.578. The summed E-state index contributed by atoms with van der Waals surface area (Å²) in [5, 5.41) is 4.75. The summed E-state index contributed by atoms with van der Waals surface area (Å²) in [7, 11) is 5.29. The number of pyridine rings is 2. The Balaban J connectivity index is 0.000000317. The number of hydrogen-bond donors (Lipinski definition) is 2. The molecule has 2 aromatic carbocycles. The number of terminal acetylenes is 1. The van der Waals surface area contributed by atoms with Gasteiger partial charge >= 0.3 is 11.9 Å². The highest BCUT2D eigenvalue weighted by Crippen LogP contribution is 2.21. The van der Waals surface area contributed by atoms with Crippen molar-refractivity contribution in [1.29, 1.82) is 0 Å². The van der Waals surface area contributed by atoms with Gasteiger partial charge in [0.15, 0.2) is 22.9 Å². The zero-order chi connectivity index (χ0) is 40.6. The molecular formula is C38H35BrF2N4O10. The zero-order valence-electron chi connectivity index (χ0n) is 29.9. The van der Waals surface area contributed by atoms with Crippen LogP contribution in [0.1, 0.15) is 26.5 Å². The van der Waals surface area contributed by atoms with Gasteiger partial charge in [-0.1, -0.05) is 17.8 Å². The van der Waals surface area contributed by atoms with Gasteiger partial charge in [-0.25, -0.2) is 18.7 Å². The van der Waals surface area contributed by atoms with Gasteiger partial charge in [0, 0.05) is 22.4 Å². The van der Waals surface area contributed by atoms with Crippen LogP contribution in [-0.2, 0) is 19.1 Å². The van der Waals surface area contributed by atoms with Crippen LogP contribution in [0, 0.1) is 35.8 Å². The van der Waals surface area contributed by atoms with Crippen LogP contribution in [0.5, 0.6) is 23.0 Å². The van der Waals surface area contributed by atoms with Gasteiger partial charge in [-0.15, -0.1) is 6.42 Å². The van der Waals surface area contributed by atoms with Gasteiger partial charge in [0.2, 0.25) is 0 Å². The maximum absolute atomic E-state index is 12.8. The van der Waals surface area contributed by atoms with Crippen molar-refractivity contribution in [1.82, 2.24) is 20.6 Å². The number of halogens is 3. The topological polar surface area (TPSA) is 174 Å². The molecule has 2 amide bonds. The molecule has 55 heavy (non-hydrogen) atoms. The van der Waals surface area contributed by atoms with Gasteiger partial charge in [-0.3, -0.25) is 19.2 Å². The van der Waals surface area contributed by atoms with E-state index < -0.39 is 23.8 Å². The lowest BCUT2D eigenvalue weighted by molar-refractivity contribution is -0.140. The molecule has 288 valence electrons. The van der Waals surface area contributed by atoms with Crippen LogP contribution >= 0.6 is 15.9 Å². The highest BCUT2D eigenvalue weighted by Gasteiger charge is 2.16. The summed E-state index contributed by atoms with van der Waals surface area (Å²) >= 11 is 3.21. The Kier molecular flexibility index (Phi) is 19.8. The SMILES string of the molecule is C#CCOc1ccc(F)cc1.COC(=O)CNC(=O)c1ncc(Br)cc1OC.COC(=O)CNC(=O)c1ncc(C#CCOc2ccc(F)cc2)cc1OC. The van der Waals surface area contributed by atoms with Gasteiger partial charge in [0.05, 0.1) is 28.4 Å². The Hall–Kier alpha value is -6.72. The monoisotopic (exact) mass is 824 g/mol. The van der Waals surface area contributed by atoms with Gasteiger partial charge < -0.3 is 39.1 Å². The predicted octanol–water partition coefficient (Wildman–Crippen LogP) is 4.16. The number of benzene rings is 2. The van der Waals surface area contributed by atoms with E-state index in [4.69, 9.17) is 25.4 Å². The molecule has 0 radical (unpaired) electrons. The van der Waals surface area contributed by atoms with Crippen molar-refractivity contribution < 1.29 is 56.4 Å². The first-order valence-electron chi connectivity index (χ1n) is 15.6. The molecule has 17 heteroatoms. The van der Waals surface area contributed by atoms with Crippen molar-refractivity contribution in [2.75, 3.05) is 54.7 Å². The average Bonchev–Trinajstić information content (AvgIpc) is 3.21. The molecule has 0 unspecified atom stereocenters. The lowest BCUT2D eigenvalue weighted by Crippen LogP contribution is -2.31. The molecule has 0 spiro atoms. The molecule has 0 aliphatic carbocycles. The van der Waals surface area contributed by atoms with E-state index in [0.29, 0.717) is 27.3 Å². The van der Waals surface area contributed by atoms with Gasteiger partial charge in [-0.2, -0.15) is 0 Å². The molecule has 14 nitrogen and oxygen atoms in total. The maximum Gasteiger partial charge on any atom is 0.325 e. The Labute approximate surface area is 324 Å². The van der Waals surface area contributed by atoms with Crippen molar-refractivity contribution in [3.63, 3.8) is 0 Å². The van der Waals surface area contributed by atoms with Crippen molar-refractivity contribution >= 4 is 39.7 Å². The molecule has 0 saturated carbocycles. The second kappa shape index (κ2) is 24.5. The second-order valence-corrected chi connectivity index (χ2v) is 10.9. The van der Waals surface area contributed by atoms with Crippen LogP contribution < -0.4 is 29.6 Å². The third-order valence-corrected chi connectivity index (χ3v) is 6.71. The Bertz CT molecular complexity index is 2000. The number of carbonyl (C=O) groups excluding carboxylic acids is 4. The second-order valence-electron chi connectivity index (χ2n) is 9.99. The molecule has 4 rings (SSSR count). The summed E-state index contributed by atoms with van der Waals surface area (Å²) in [6.07, 6.45) is 7.83. The summed E-state index contributed by atoms with van der Waals surface area (Å²) < 4.78 is 55.2. The molecule has 0 atom stereocenters. The number of hydrogen-bond acceptors (Lipinski definition) is 12. The minimum absolute atomic E-state index is 0.0227. The summed E-state index contributed by atoms with van der Waals surface area (Å²) in [4.78, 5) is 53.6. The van der Waals surface area contributed by atoms with Gasteiger partial charge in [0.1, 0.15) is 49.4 Å². The number of rotatable bonds is 12. The molecule has 2 N–H and O–H groups in total. The number of methoxy groups -OCH3 is 4. The van der Waals surface area contributed by atoms with E-state index in [1.807, 2.05) is 0 Å². The molecule has 0 saturated heterocycles. The fourth-order valence-corrected chi connectivity index (χ4v) is 3.96. The van der Waals surface area contributed by atoms with Crippen LogP contribution in [0.25, 0.3) is 0 Å². The largest absolute Gasteiger partial charge is 0.494 e. The third kappa shape index (κ3) is 16.7. The van der Waals surface area contributed by atoms with Crippen molar-refractivity contribution in [2.45, 2.75) is 0 Å². The number of nitrogens with one attached hydrogen (secondary N) is 2. The van der Waals surface area contributed by atoms with Crippen LogP contribution in [-0.4, -0.2) is 88.5 Å². The maximum atomic E-state index is 12.8. The zero-order valence-corrected chi connectivity index (χ0v) is 31.5. The van der Waals surface area contributed by atoms with E-state index >= 15 is 0 Å². The van der Waals surface area contributed by atoms with Crippen molar-refractivity contribution in [3.05, 3.63) is 106 Å². The summed E-state index contributed by atoms with van der Waals surface area (Å²) in [6, 6.07) is 14.5. The van der Waals surface area contributed by atoms with Crippen LogP contribution in [0.15, 0.2) is 77.5 Å². The van der Waals surface area contributed by atoms with E-state index in [1.165, 1.54) is 89.4 Å². The number of ether oxygens (including phenoxy) is 6. The molecule has 2 heterocycles. The van der Waals surface area contributed by atoms with Gasteiger partial charge in [0.25, 0.3) is 11.8 Å². The first-order valence-corrected chi connectivity index (χ1v) is 16.4. The standard InChI is InChI=1S/C19H17FN2O5.C10H11BrN2O4.C9H7FO/c1-25-16-10-13(4-3-9-27-15-7-5-14(20)6-8-15)11-21-18(16)19(24)22-12-17(23)26-2;1-16-7-3-6(11)4-12-9(7)10(15)13-5-8(14)17-2;1-2-7-11-9-5-3-8(10)4-6-9/h5-8,10-11H,9,12H2,1-2H3,(H,22,24);3-4H,5H2,1-2H3,(H,13,15);1,3-6H,7H2. The van der Waals surface area contributed by atoms with Crippen LogP contribution in [0.2, 0.25) is 0 Å². The Morgan fingerprint density at radius 1 is 0.709 bits per heavy atom. The number of carbonyl (C=O) groups is 4. The molecule has 0 fully saturated rings. The highest BCUT2D eigenvalue weighted by atomic mass is 79.9. The third-order valence-electron chi connectivity index (χ3n) is 6.28. The quantitative estimate of drug-likeness (QED) is 0.155. The summed E-state index contributed by atoms with van der Waals surface area (Å²) in [5.41, 5.74) is 0.646. The van der Waals surface area contributed by atoms with E-state index in [0.717, 1.165) is 0 Å². The minimum Gasteiger partial charge on any atom is -0.494 e. The number of esters is 2. The van der Waals surface area contributed by atoms with E-state index in [2.05, 4.69) is 63.8 Å². The number of nitrogens with zero attached hydrogens (tertiary/aromatic N) is 2. The van der Waals surface area contributed by atoms with Crippen molar-refractivity contribution in [3.8, 4) is 47.2 Å². The molecule has 0 aliphatic rings. The van der Waals surface area contributed by atoms with Crippen LogP contribution in [0.4, 0.5) is 8.78 Å². The Morgan fingerprint density at radius 3 is 1.62 bits per heavy atom. The first kappa shape index (κ1) is 44.4. The molecule has 0 aliphatic heterocycles. The van der Waals surface area contributed by atoms with Crippen molar-refractivity contribution in [2.24, 2.45) is 0 Å². The van der Waals surface area contributed by atoms with E-state index in [1.54, 1.807) is 12.1 Å². The Morgan fingerprint density at radius 2 is 1.16 bits per heavy atom. The van der Waals surface area contributed by atoms with E-state index in [-0.39, 0.29) is 55.1 Å². The highest BCUT2D eigenvalue weighted by molar-refractivity contribution is 9.10. The molecule has 2 aromatic heterocycles. The fraction of sp³-hybridized carbons (Fsp3) is 0.211. The van der Waals surface area contributed by atoms with Crippen LogP contribution in [0.3, 0.4) is 0 Å². The number of aromatic nitrogens is 2. The lowest BCUT2D eigenvalue weighted by Gasteiger charge is -2.08. The van der Waals surface area contributed by atoms with Gasteiger partial charge in [-0.05, 0) is 76.6 Å². The molecule has 4 aromatic rings. The average molecular weight is 826 g/mol. The summed E-state index contributed by atoms with van der Waals surface area (Å²) in [6.45, 7) is -0.181. The summed E-state index contributed by atoms with van der Waals surface area (Å²) in [5.74, 6) is 6.74. The fourth-order valence-electron chi connectivity index (χ4n) is 3.65. The molecular weight excluding hydrogens is 790 g/mol. The lowest BCUT2D eigenvalue weighted by atomic mass is 10.2. The molecule has 0 bridgehead atoms.